The van der Waals surface area contributed by atoms with Gasteiger partial charge in [-0.3, -0.25) is 4.79 Å². The van der Waals surface area contributed by atoms with E-state index < -0.39 is 5.41 Å². The molecule has 176 valence electrons. The summed E-state index contributed by atoms with van der Waals surface area (Å²) >= 11 is 0. The van der Waals surface area contributed by atoms with Gasteiger partial charge in [0.05, 0.1) is 7.11 Å². The Bertz CT molecular complexity index is 828. The van der Waals surface area contributed by atoms with E-state index in [1.54, 1.807) is 16.9 Å². The smallest absolute Gasteiger partial charge is 0.317 e. The van der Waals surface area contributed by atoms with Crippen molar-refractivity contribution in [2.24, 2.45) is 5.41 Å². The summed E-state index contributed by atoms with van der Waals surface area (Å²) in [6.07, 6.45) is 0.342. The predicted molar refractivity (Wildman–Crippen MR) is 121 cm³/mol. The zero-order valence-corrected chi connectivity index (χ0v) is 19.5. The average molecular weight is 446 g/mol. The highest BCUT2D eigenvalue weighted by Crippen LogP contribution is 2.35. The van der Waals surface area contributed by atoms with E-state index in [1.807, 2.05) is 49.9 Å². The van der Waals surface area contributed by atoms with Crippen LogP contribution in [-0.2, 0) is 11.3 Å². The molecule has 2 saturated heterocycles. The maximum absolute atomic E-state index is 13.0. The van der Waals surface area contributed by atoms with E-state index in [-0.39, 0.29) is 24.0 Å². The van der Waals surface area contributed by atoms with Gasteiger partial charge in [-0.2, -0.15) is 0 Å². The van der Waals surface area contributed by atoms with Crippen LogP contribution in [0, 0.1) is 5.41 Å². The second kappa shape index (κ2) is 10.1. The monoisotopic (exact) mass is 445 g/mol. The number of rotatable bonds is 5. The van der Waals surface area contributed by atoms with Gasteiger partial charge in [0.25, 0.3) is 0 Å². The highest BCUT2D eigenvalue weighted by molar-refractivity contribution is 5.81. The molecule has 0 aliphatic carbocycles. The van der Waals surface area contributed by atoms with Gasteiger partial charge in [0.1, 0.15) is 5.75 Å². The molecule has 1 aromatic carbocycles. The van der Waals surface area contributed by atoms with Crippen LogP contribution in [-0.4, -0.2) is 85.1 Å². The third kappa shape index (κ3) is 5.63. The number of carbonyl (C=O) groups is 3. The summed E-state index contributed by atoms with van der Waals surface area (Å²) in [5, 5.41) is 5.92. The van der Waals surface area contributed by atoms with Crippen molar-refractivity contribution in [1.82, 2.24) is 25.3 Å². The summed E-state index contributed by atoms with van der Waals surface area (Å²) in [5.41, 5.74) is 0.505. The fourth-order valence-electron chi connectivity index (χ4n) is 4.46. The quantitative estimate of drug-likeness (QED) is 0.724. The van der Waals surface area contributed by atoms with Crippen molar-refractivity contribution < 1.29 is 19.1 Å². The summed E-state index contributed by atoms with van der Waals surface area (Å²) in [4.78, 5) is 43.7. The lowest BCUT2D eigenvalue weighted by molar-refractivity contribution is -0.127. The van der Waals surface area contributed by atoms with Gasteiger partial charge in [0, 0.05) is 63.7 Å². The van der Waals surface area contributed by atoms with Gasteiger partial charge < -0.3 is 30.1 Å². The van der Waals surface area contributed by atoms with Gasteiger partial charge in [-0.25, -0.2) is 9.59 Å². The van der Waals surface area contributed by atoms with E-state index in [1.165, 1.54) is 0 Å². The van der Waals surface area contributed by atoms with Crippen LogP contribution in [0.15, 0.2) is 24.3 Å². The second-order valence-electron chi connectivity index (χ2n) is 9.04. The van der Waals surface area contributed by atoms with Crippen LogP contribution in [0.2, 0.25) is 0 Å². The number of urea groups is 2. The first-order valence-electron chi connectivity index (χ1n) is 11.2. The van der Waals surface area contributed by atoms with E-state index in [2.05, 4.69) is 10.6 Å². The molecule has 9 heteroatoms. The minimum Gasteiger partial charge on any atom is -0.497 e. The van der Waals surface area contributed by atoms with Crippen LogP contribution < -0.4 is 15.4 Å². The van der Waals surface area contributed by atoms with Crippen molar-refractivity contribution in [2.75, 3.05) is 46.4 Å². The molecule has 1 spiro atoms. The van der Waals surface area contributed by atoms with Gasteiger partial charge in [0.15, 0.2) is 0 Å². The molecule has 0 radical (unpaired) electrons. The molecule has 2 aliphatic rings. The van der Waals surface area contributed by atoms with Crippen molar-refractivity contribution in [3.05, 3.63) is 29.8 Å². The number of ether oxygens (including phenoxy) is 1. The lowest BCUT2D eigenvalue weighted by Gasteiger charge is -2.33. The summed E-state index contributed by atoms with van der Waals surface area (Å²) in [5.74, 6) is 0.845. The van der Waals surface area contributed by atoms with Crippen molar-refractivity contribution in [3.63, 3.8) is 0 Å². The molecule has 0 unspecified atom stereocenters. The Morgan fingerprint density at radius 1 is 1.06 bits per heavy atom. The zero-order valence-electron chi connectivity index (χ0n) is 19.5. The third-order valence-electron chi connectivity index (χ3n) is 6.07. The summed E-state index contributed by atoms with van der Waals surface area (Å²) in [6.45, 7) is 9.10. The standard InChI is InChI=1S/C23H35N5O4/c1-5-26-14-23(12-20(26)29)15-27(10-11-28(16-23)22(31)25-17(2)3)21(30)24-13-18-6-8-19(32-4)9-7-18/h6-9,17H,5,10-16H2,1-4H3,(H,24,30)(H,25,31)/t23-/m1/s1. The summed E-state index contributed by atoms with van der Waals surface area (Å²) < 4.78 is 5.17. The minimum atomic E-state index is -0.463. The van der Waals surface area contributed by atoms with Gasteiger partial charge in [-0.05, 0) is 38.5 Å². The van der Waals surface area contributed by atoms with Crippen LogP contribution in [0.5, 0.6) is 5.75 Å². The first kappa shape index (κ1) is 23.7. The van der Waals surface area contributed by atoms with Gasteiger partial charge in [-0.1, -0.05) is 12.1 Å². The van der Waals surface area contributed by atoms with Crippen LogP contribution in [0.3, 0.4) is 0 Å². The number of nitrogens with one attached hydrogen (secondary N) is 2. The SMILES string of the molecule is CCN1C[C@]2(CC1=O)CN(C(=O)NCc1ccc(OC)cc1)CCN(C(=O)NC(C)C)C2. The van der Waals surface area contributed by atoms with Crippen LogP contribution in [0.1, 0.15) is 32.8 Å². The van der Waals surface area contributed by atoms with E-state index in [9.17, 15) is 14.4 Å². The number of likely N-dealkylation sites (tertiary alicyclic amines) is 1. The molecule has 0 saturated carbocycles. The Kier molecular flexibility index (Phi) is 7.48. The molecule has 3 rings (SSSR count). The molecule has 0 aromatic heterocycles. The van der Waals surface area contributed by atoms with Gasteiger partial charge in [-0.15, -0.1) is 0 Å². The van der Waals surface area contributed by atoms with Crippen LogP contribution >= 0.6 is 0 Å². The number of nitrogens with zero attached hydrogens (tertiary/aromatic N) is 3. The molecular weight excluding hydrogens is 410 g/mol. The highest BCUT2D eigenvalue weighted by Gasteiger charge is 2.47. The van der Waals surface area contributed by atoms with E-state index in [0.29, 0.717) is 52.2 Å². The molecule has 1 aromatic rings. The lowest BCUT2D eigenvalue weighted by Crippen LogP contribution is -2.49. The molecule has 1 atom stereocenters. The fourth-order valence-corrected chi connectivity index (χ4v) is 4.46. The summed E-state index contributed by atoms with van der Waals surface area (Å²) in [6, 6.07) is 7.22. The topological polar surface area (TPSA) is 94.2 Å². The first-order valence-corrected chi connectivity index (χ1v) is 11.2. The van der Waals surface area contributed by atoms with E-state index in [0.717, 1.165) is 11.3 Å². The Labute approximate surface area is 190 Å². The normalized spacial score (nSPS) is 21.2. The van der Waals surface area contributed by atoms with Crippen LogP contribution in [0.4, 0.5) is 9.59 Å². The second-order valence-corrected chi connectivity index (χ2v) is 9.04. The molecule has 0 bridgehead atoms. The molecule has 2 aliphatic heterocycles. The third-order valence-corrected chi connectivity index (χ3v) is 6.07. The van der Waals surface area contributed by atoms with Crippen molar-refractivity contribution in [2.45, 2.75) is 39.8 Å². The number of methoxy groups -OCH3 is 1. The number of carbonyl (C=O) groups excluding carboxylic acids is 3. The van der Waals surface area contributed by atoms with Crippen molar-refractivity contribution in [3.8, 4) is 5.75 Å². The van der Waals surface area contributed by atoms with E-state index >= 15 is 0 Å². The lowest BCUT2D eigenvalue weighted by atomic mass is 9.86. The number of hydrogen-bond acceptors (Lipinski definition) is 4. The molecule has 9 nitrogen and oxygen atoms in total. The molecule has 32 heavy (non-hydrogen) atoms. The molecule has 2 fully saturated rings. The molecular formula is C23H35N5O4. The van der Waals surface area contributed by atoms with Gasteiger partial charge in [0.2, 0.25) is 5.91 Å². The predicted octanol–water partition coefficient (Wildman–Crippen LogP) is 1.88. The maximum atomic E-state index is 13.0. The maximum Gasteiger partial charge on any atom is 0.317 e. The van der Waals surface area contributed by atoms with Crippen molar-refractivity contribution >= 4 is 18.0 Å². The molecule has 5 amide bonds. The largest absolute Gasteiger partial charge is 0.497 e. The summed E-state index contributed by atoms with van der Waals surface area (Å²) in [7, 11) is 1.62. The highest BCUT2D eigenvalue weighted by atomic mass is 16.5. The number of benzene rings is 1. The first-order chi connectivity index (χ1) is 15.2. The zero-order chi connectivity index (χ0) is 23.3. The minimum absolute atomic E-state index is 0.0166. The number of hydrogen-bond donors (Lipinski definition) is 2. The van der Waals surface area contributed by atoms with Crippen molar-refractivity contribution in [1.29, 1.82) is 0 Å². The Morgan fingerprint density at radius 3 is 2.22 bits per heavy atom. The Balaban J connectivity index is 1.72. The number of amides is 5. The fraction of sp³-hybridized carbons (Fsp3) is 0.609. The van der Waals surface area contributed by atoms with Crippen LogP contribution in [0.25, 0.3) is 0 Å². The average Bonchev–Trinajstić information content (AvgIpc) is 2.95. The molecule has 2 heterocycles. The molecule has 2 N–H and O–H groups in total. The van der Waals surface area contributed by atoms with Gasteiger partial charge >= 0.3 is 12.1 Å². The Hall–Kier alpha value is -2.97. The Morgan fingerprint density at radius 2 is 1.69 bits per heavy atom. The van der Waals surface area contributed by atoms with E-state index in [4.69, 9.17) is 4.74 Å².